The molecule has 110 valence electrons. The van der Waals surface area contributed by atoms with Crippen LogP contribution < -0.4 is 10.6 Å². The van der Waals surface area contributed by atoms with Crippen LogP contribution in [0.15, 0.2) is 0 Å². The summed E-state index contributed by atoms with van der Waals surface area (Å²) in [5, 5.41) is 8.51. The number of piperidine rings is 1. The first-order valence-electron chi connectivity index (χ1n) is 8.34. The number of nitrogens with zero attached hydrogens (tertiary/aromatic N) is 1. The van der Waals surface area contributed by atoms with Gasteiger partial charge in [-0.3, -0.25) is 0 Å². The van der Waals surface area contributed by atoms with Crippen LogP contribution in [0.4, 0.5) is 5.82 Å². The molecule has 0 aromatic carbocycles. The molecule has 2 aliphatic heterocycles. The Morgan fingerprint density at radius 2 is 1.85 bits per heavy atom. The van der Waals surface area contributed by atoms with Gasteiger partial charge in [0.2, 0.25) is 0 Å². The van der Waals surface area contributed by atoms with Gasteiger partial charge >= 0.3 is 0 Å². The Bertz CT molecular complexity index is 435. The third kappa shape index (κ3) is 2.48. The molecule has 1 atom stereocenters. The summed E-state index contributed by atoms with van der Waals surface area (Å²) in [5.41, 5.74) is 0. The molecule has 0 amide bonds. The number of aryl methyl sites for hydroxylation is 1. The fraction of sp³-hybridized carbons (Fsp3) is 0.812. The lowest BCUT2D eigenvalue weighted by Crippen LogP contribution is -2.27. The van der Waals surface area contributed by atoms with Gasteiger partial charge in [0, 0.05) is 17.3 Å². The summed E-state index contributed by atoms with van der Waals surface area (Å²) in [7, 11) is 0. The maximum atomic E-state index is 4.95. The van der Waals surface area contributed by atoms with Gasteiger partial charge in [0.05, 0.1) is 5.01 Å². The highest BCUT2D eigenvalue weighted by Gasteiger charge is 2.30. The maximum Gasteiger partial charge on any atom is 0.140 e. The Balaban J connectivity index is 1.45. The van der Waals surface area contributed by atoms with E-state index in [1.807, 2.05) is 11.3 Å². The van der Waals surface area contributed by atoms with E-state index in [1.54, 1.807) is 0 Å². The lowest BCUT2D eigenvalue weighted by Gasteiger charge is -2.33. The van der Waals surface area contributed by atoms with Crippen molar-refractivity contribution in [1.82, 2.24) is 10.3 Å². The molecule has 1 aromatic heterocycles. The molecule has 20 heavy (non-hydrogen) atoms. The van der Waals surface area contributed by atoms with Crippen LogP contribution in [-0.4, -0.2) is 24.6 Å². The summed E-state index contributed by atoms with van der Waals surface area (Å²) in [6, 6.07) is 0. The van der Waals surface area contributed by atoms with Crippen molar-refractivity contribution in [2.45, 2.75) is 50.9 Å². The second-order valence-electron chi connectivity index (χ2n) is 6.72. The van der Waals surface area contributed by atoms with E-state index in [1.165, 1.54) is 60.6 Å². The van der Waals surface area contributed by atoms with Crippen molar-refractivity contribution in [3.05, 3.63) is 9.88 Å². The van der Waals surface area contributed by atoms with Gasteiger partial charge in [0.15, 0.2) is 0 Å². The zero-order valence-electron chi connectivity index (χ0n) is 12.2. The summed E-state index contributed by atoms with van der Waals surface area (Å²) in [4.78, 5) is 6.48. The van der Waals surface area contributed by atoms with Crippen molar-refractivity contribution in [3.63, 3.8) is 0 Å². The van der Waals surface area contributed by atoms with Gasteiger partial charge in [-0.05, 0) is 50.6 Å². The molecule has 1 unspecified atom stereocenters. The number of aromatic nitrogens is 1. The summed E-state index contributed by atoms with van der Waals surface area (Å²) in [5.74, 6) is 3.83. The minimum atomic E-state index is 0.706. The average molecular weight is 291 g/mol. The van der Waals surface area contributed by atoms with Crippen LogP contribution in [0.1, 0.15) is 54.3 Å². The Hall–Kier alpha value is -0.610. The van der Waals surface area contributed by atoms with Crippen LogP contribution in [0.5, 0.6) is 0 Å². The molecule has 4 heteroatoms. The number of fused-ring (bicyclic) bond motifs is 1. The fourth-order valence-electron chi connectivity index (χ4n) is 3.88. The summed E-state index contributed by atoms with van der Waals surface area (Å²) in [6.45, 7) is 3.48. The van der Waals surface area contributed by atoms with Crippen molar-refractivity contribution in [2.75, 3.05) is 25.0 Å². The molecule has 2 N–H and O–H groups in total. The quantitative estimate of drug-likeness (QED) is 0.877. The third-order valence-corrected chi connectivity index (χ3v) is 6.77. The molecule has 3 aliphatic rings. The molecular weight excluding hydrogens is 266 g/mol. The smallest absolute Gasteiger partial charge is 0.140 e. The lowest BCUT2D eigenvalue weighted by atomic mass is 9.74. The number of anilines is 1. The highest BCUT2D eigenvalue weighted by atomic mass is 32.1. The SMILES string of the molecule is C1CC(C2CCc3sc(C4CCNCC4)nc3NC2)C1. The Labute approximate surface area is 125 Å². The van der Waals surface area contributed by atoms with Crippen LogP contribution in [0, 0.1) is 11.8 Å². The molecule has 0 radical (unpaired) electrons. The number of hydrogen-bond donors (Lipinski definition) is 2. The molecule has 1 aromatic rings. The van der Waals surface area contributed by atoms with E-state index in [9.17, 15) is 0 Å². The van der Waals surface area contributed by atoms with Gasteiger partial charge in [-0.25, -0.2) is 4.98 Å². The third-order valence-electron chi connectivity index (χ3n) is 5.49. The highest BCUT2D eigenvalue weighted by molar-refractivity contribution is 7.12. The molecule has 2 fully saturated rings. The highest BCUT2D eigenvalue weighted by Crippen LogP contribution is 2.40. The monoisotopic (exact) mass is 291 g/mol. The van der Waals surface area contributed by atoms with Gasteiger partial charge in [0.1, 0.15) is 5.82 Å². The topological polar surface area (TPSA) is 37.0 Å². The average Bonchev–Trinajstić information content (AvgIpc) is 2.75. The summed E-state index contributed by atoms with van der Waals surface area (Å²) in [6.07, 6.45) is 9.54. The van der Waals surface area contributed by atoms with E-state index in [4.69, 9.17) is 4.98 Å². The van der Waals surface area contributed by atoms with Crippen molar-refractivity contribution in [3.8, 4) is 0 Å². The van der Waals surface area contributed by atoms with E-state index in [0.29, 0.717) is 5.92 Å². The van der Waals surface area contributed by atoms with E-state index in [2.05, 4.69) is 10.6 Å². The summed E-state index contributed by atoms with van der Waals surface area (Å²) < 4.78 is 0. The van der Waals surface area contributed by atoms with Crippen molar-refractivity contribution in [2.24, 2.45) is 11.8 Å². The zero-order chi connectivity index (χ0) is 13.4. The second kappa shape index (κ2) is 5.64. The lowest BCUT2D eigenvalue weighted by molar-refractivity contribution is 0.206. The molecule has 1 saturated carbocycles. The van der Waals surface area contributed by atoms with Crippen LogP contribution in [0.25, 0.3) is 0 Å². The van der Waals surface area contributed by atoms with Gasteiger partial charge < -0.3 is 10.6 Å². The number of thiazole rings is 1. The Kier molecular flexibility index (Phi) is 3.69. The van der Waals surface area contributed by atoms with Crippen LogP contribution in [0.2, 0.25) is 0 Å². The Morgan fingerprint density at radius 1 is 1.00 bits per heavy atom. The second-order valence-corrected chi connectivity index (χ2v) is 7.83. The maximum absolute atomic E-state index is 4.95. The summed E-state index contributed by atoms with van der Waals surface area (Å²) >= 11 is 1.99. The number of nitrogens with one attached hydrogen (secondary N) is 2. The van der Waals surface area contributed by atoms with Crippen molar-refractivity contribution in [1.29, 1.82) is 0 Å². The Morgan fingerprint density at radius 3 is 2.60 bits per heavy atom. The first kappa shape index (κ1) is 13.1. The zero-order valence-corrected chi connectivity index (χ0v) is 13.0. The molecule has 0 spiro atoms. The van der Waals surface area contributed by atoms with Gasteiger partial charge in [-0.15, -0.1) is 11.3 Å². The molecule has 3 heterocycles. The van der Waals surface area contributed by atoms with E-state index < -0.39 is 0 Å². The van der Waals surface area contributed by atoms with Crippen LogP contribution >= 0.6 is 11.3 Å². The van der Waals surface area contributed by atoms with Crippen LogP contribution in [0.3, 0.4) is 0 Å². The van der Waals surface area contributed by atoms with Crippen LogP contribution in [-0.2, 0) is 6.42 Å². The molecule has 0 bridgehead atoms. The van der Waals surface area contributed by atoms with Gasteiger partial charge in [-0.2, -0.15) is 0 Å². The molecule has 1 saturated heterocycles. The van der Waals surface area contributed by atoms with E-state index in [-0.39, 0.29) is 0 Å². The largest absolute Gasteiger partial charge is 0.369 e. The predicted molar refractivity (Wildman–Crippen MR) is 84.6 cm³/mol. The van der Waals surface area contributed by atoms with Crippen molar-refractivity contribution < 1.29 is 0 Å². The molecule has 1 aliphatic carbocycles. The standard InChI is InChI=1S/C16H25N3S/c1-2-11(3-1)13-4-5-14-15(18-10-13)19-16(20-14)12-6-8-17-9-7-12/h11-13,17-18H,1-10H2. The minimum Gasteiger partial charge on any atom is -0.369 e. The first-order valence-corrected chi connectivity index (χ1v) is 9.16. The fourth-order valence-corrected chi connectivity index (χ4v) is 5.11. The normalized spacial score (nSPS) is 28.3. The van der Waals surface area contributed by atoms with E-state index >= 15 is 0 Å². The van der Waals surface area contributed by atoms with Gasteiger partial charge in [-0.1, -0.05) is 19.3 Å². The number of rotatable bonds is 2. The molecular formula is C16H25N3S. The van der Waals surface area contributed by atoms with E-state index in [0.717, 1.165) is 31.5 Å². The minimum absolute atomic E-state index is 0.706. The molecule has 3 nitrogen and oxygen atoms in total. The number of hydrogen-bond acceptors (Lipinski definition) is 4. The predicted octanol–water partition coefficient (Wildman–Crippen LogP) is 3.38. The van der Waals surface area contributed by atoms with Crippen molar-refractivity contribution >= 4 is 17.2 Å². The first-order chi connectivity index (χ1) is 9.90. The molecule has 4 rings (SSSR count). The van der Waals surface area contributed by atoms with Gasteiger partial charge in [0.25, 0.3) is 0 Å².